The van der Waals surface area contributed by atoms with Crippen LogP contribution in [0.4, 0.5) is 5.69 Å². The van der Waals surface area contributed by atoms with Gasteiger partial charge in [0.2, 0.25) is 0 Å². The van der Waals surface area contributed by atoms with E-state index in [1.807, 2.05) is 43.3 Å². The summed E-state index contributed by atoms with van der Waals surface area (Å²) < 4.78 is 16.4. The van der Waals surface area contributed by atoms with Gasteiger partial charge in [0.15, 0.2) is 5.75 Å². The van der Waals surface area contributed by atoms with Crippen molar-refractivity contribution in [3.63, 3.8) is 0 Å². The van der Waals surface area contributed by atoms with Crippen LogP contribution in [0.2, 0.25) is 0 Å². The van der Waals surface area contributed by atoms with Gasteiger partial charge in [0, 0.05) is 0 Å². The van der Waals surface area contributed by atoms with Crippen LogP contribution >= 0.6 is 0 Å². The van der Waals surface area contributed by atoms with Gasteiger partial charge in [-0.3, -0.25) is 4.79 Å². The molecule has 0 unspecified atom stereocenters. The number of hydrogen-bond acceptors (Lipinski definition) is 5. The standard InChI is InChI=1S/C20H20N2O4/c1-4-24-15-9-11-16(12-10-15)25-18-8-6-5-7-17(18)21-20(23)19-13(2)22-26-14(19)3/h5-12H,4H2,1-3H3,(H,21,23). The highest BCUT2D eigenvalue weighted by Crippen LogP contribution is 2.31. The molecule has 1 aromatic heterocycles. The molecule has 0 saturated carbocycles. The Morgan fingerprint density at radius 2 is 1.77 bits per heavy atom. The SMILES string of the molecule is CCOc1ccc(Oc2ccccc2NC(=O)c2c(C)noc2C)cc1. The van der Waals surface area contributed by atoms with Crippen LogP contribution in [0, 0.1) is 13.8 Å². The predicted molar refractivity (Wildman–Crippen MR) is 98.1 cm³/mol. The minimum atomic E-state index is -0.288. The summed E-state index contributed by atoms with van der Waals surface area (Å²) in [5.41, 5.74) is 1.54. The van der Waals surface area contributed by atoms with Gasteiger partial charge in [0.05, 0.1) is 18.0 Å². The van der Waals surface area contributed by atoms with Gasteiger partial charge in [-0.15, -0.1) is 0 Å². The van der Waals surface area contributed by atoms with E-state index >= 15 is 0 Å². The summed E-state index contributed by atoms with van der Waals surface area (Å²) in [6, 6.07) is 14.5. The third kappa shape index (κ3) is 3.85. The van der Waals surface area contributed by atoms with Crippen molar-refractivity contribution in [2.24, 2.45) is 0 Å². The molecule has 0 radical (unpaired) electrons. The van der Waals surface area contributed by atoms with Crippen LogP contribution in [-0.4, -0.2) is 17.7 Å². The summed E-state index contributed by atoms with van der Waals surface area (Å²) >= 11 is 0. The van der Waals surface area contributed by atoms with E-state index in [0.29, 0.717) is 40.8 Å². The maximum Gasteiger partial charge on any atom is 0.261 e. The van der Waals surface area contributed by atoms with Crippen LogP contribution < -0.4 is 14.8 Å². The summed E-state index contributed by atoms with van der Waals surface area (Å²) in [7, 11) is 0. The zero-order valence-corrected chi connectivity index (χ0v) is 14.9. The Morgan fingerprint density at radius 3 is 2.42 bits per heavy atom. The normalized spacial score (nSPS) is 10.4. The lowest BCUT2D eigenvalue weighted by atomic mass is 10.2. The number of benzene rings is 2. The van der Waals surface area contributed by atoms with E-state index in [1.54, 1.807) is 26.0 Å². The molecule has 6 heteroatoms. The number of amides is 1. The van der Waals surface area contributed by atoms with Crippen molar-refractivity contribution in [1.82, 2.24) is 5.16 Å². The number of ether oxygens (including phenoxy) is 2. The smallest absolute Gasteiger partial charge is 0.261 e. The van der Waals surface area contributed by atoms with Crippen molar-refractivity contribution in [2.75, 3.05) is 11.9 Å². The molecule has 1 amide bonds. The minimum absolute atomic E-state index is 0.288. The zero-order valence-electron chi connectivity index (χ0n) is 14.9. The molecule has 1 N–H and O–H groups in total. The molecule has 6 nitrogen and oxygen atoms in total. The molecule has 0 aliphatic heterocycles. The second-order valence-corrected chi connectivity index (χ2v) is 5.66. The summed E-state index contributed by atoms with van der Waals surface area (Å²) in [5, 5.41) is 6.67. The first kappa shape index (κ1) is 17.5. The van der Waals surface area contributed by atoms with Crippen molar-refractivity contribution in [2.45, 2.75) is 20.8 Å². The molecule has 0 fully saturated rings. The molecule has 0 saturated heterocycles. The number of aromatic nitrogens is 1. The maximum absolute atomic E-state index is 12.6. The number of nitrogens with one attached hydrogen (secondary N) is 1. The molecular formula is C20H20N2O4. The van der Waals surface area contributed by atoms with Crippen LogP contribution in [-0.2, 0) is 0 Å². The largest absolute Gasteiger partial charge is 0.494 e. The number of hydrogen-bond donors (Lipinski definition) is 1. The fraction of sp³-hybridized carbons (Fsp3) is 0.200. The molecule has 0 bridgehead atoms. The van der Waals surface area contributed by atoms with E-state index in [0.717, 1.165) is 5.75 Å². The van der Waals surface area contributed by atoms with Crippen molar-refractivity contribution < 1.29 is 18.8 Å². The molecule has 0 spiro atoms. The molecular weight excluding hydrogens is 332 g/mol. The van der Waals surface area contributed by atoms with Crippen LogP contribution in [0.3, 0.4) is 0 Å². The Kier molecular flexibility index (Phi) is 5.22. The fourth-order valence-corrected chi connectivity index (χ4v) is 2.55. The Balaban J connectivity index is 1.79. The van der Waals surface area contributed by atoms with Gasteiger partial charge in [-0.05, 0) is 57.2 Å². The molecule has 26 heavy (non-hydrogen) atoms. The van der Waals surface area contributed by atoms with Gasteiger partial charge in [-0.1, -0.05) is 17.3 Å². The Bertz CT molecular complexity index is 881. The number of nitrogens with zero attached hydrogens (tertiary/aromatic N) is 1. The minimum Gasteiger partial charge on any atom is -0.494 e. The lowest BCUT2D eigenvalue weighted by Crippen LogP contribution is -2.14. The van der Waals surface area contributed by atoms with Gasteiger partial charge in [0.25, 0.3) is 5.91 Å². The molecule has 1 heterocycles. The predicted octanol–water partition coefficient (Wildman–Crippen LogP) is 4.73. The van der Waals surface area contributed by atoms with Crippen molar-refractivity contribution in [1.29, 1.82) is 0 Å². The monoisotopic (exact) mass is 352 g/mol. The van der Waals surface area contributed by atoms with Crippen molar-refractivity contribution in [3.05, 3.63) is 65.5 Å². The number of aryl methyl sites for hydroxylation is 2. The second kappa shape index (κ2) is 7.74. The van der Waals surface area contributed by atoms with E-state index < -0.39 is 0 Å². The van der Waals surface area contributed by atoms with Gasteiger partial charge >= 0.3 is 0 Å². The fourth-order valence-electron chi connectivity index (χ4n) is 2.55. The first-order chi connectivity index (χ1) is 12.6. The summed E-state index contributed by atoms with van der Waals surface area (Å²) in [6.07, 6.45) is 0. The molecule has 0 aliphatic carbocycles. The van der Waals surface area contributed by atoms with E-state index in [1.165, 1.54) is 0 Å². The van der Waals surface area contributed by atoms with E-state index in [-0.39, 0.29) is 5.91 Å². The van der Waals surface area contributed by atoms with Gasteiger partial charge in [-0.25, -0.2) is 0 Å². The third-order valence-corrected chi connectivity index (χ3v) is 3.76. The molecule has 134 valence electrons. The molecule has 0 aliphatic rings. The van der Waals surface area contributed by atoms with E-state index in [4.69, 9.17) is 14.0 Å². The van der Waals surface area contributed by atoms with Gasteiger partial charge in [0.1, 0.15) is 22.8 Å². The second-order valence-electron chi connectivity index (χ2n) is 5.66. The molecule has 3 aromatic rings. The van der Waals surface area contributed by atoms with E-state index in [2.05, 4.69) is 10.5 Å². The third-order valence-electron chi connectivity index (χ3n) is 3.76. The van der Waals surface area contributed by atoms with Crippen molar-refractivity contribution >= 4 is 11.6 Å². The molecule has 0 atom stereocenters. The Hall–Kier alpha value is -3.28. The number of carbonyl (C=O) groups is 1. The van der Waals surface area contributed by atoms with Gasteiger partial charge < -0.3 is 19.3 Å². The highest BCUT2D eigenvalue weighted by molar-refractivity contribution is 6.06. The summed E-state index contributed by atoms with van der Waals surface area (Å²) in [5.74, 6) is 2.15. The lowest BCUT2D eigenvalue weighted by molar-refractivity contribution is 0.102. The highest BCUT2D eigenvalue weighted by atomic mass is 16.5. The van der Waals surface area contributed by atoms with Crippen LogP contribution in [0.5, 0.6) is 17.2 Å². The zero-order chi connectivity index (χ0) is 18.5. The van der Waals surface area contributed by atoms with Crippen LogP contribution in [0.25, 0.3) is 0 Å². The van der Waals surface area contributed by atoms with Crippen molar-refractivity contribution in [3.8, 4) is 17.2 Å². The quantitative estimate of drug-likeness (QED) is 0.694. The first-order valence-corrected chi connectivity index (χ1v) is 8.32. The first-order valence-electron chi connectivity index (χ1n) is 8.32. The number of rotatable bonds is 6. The average Bonchev–Trinajstić information content (AvgIpc) is 2.97. The van der Waals surface area contributed by atoms with Crippen LogP contribution in [0.15, 0.2) is 53.1 Å². The average molecular weight is 352 g/mol. The Labute approximate surface area is 151 Å². The van der Waals surface area contributed by atoms with E-state index in [9.17, 15) is 4.79 Å². The maximum atomic E-state index is 12.6. The number of carbonyl (C=O) groups excluding carboxylic acids is 1. The molecule has 2 aromatic carbocycles. The lowest BCUT2D eigenvalue weighted by Gasteiger charge is -2.12. The Morgan fingerprint density at radius 1 is 1.08 bits per heavy atom. The number of anilines is 1. The highest BCUT2D eigenvalue weighted by Gasteiger charge is 2.18. The summed E-state index contributed by atoms with van der Waals surface area (Å²) in [4.78, 5) is 12.6. The molecule has 3 rings (SSSR count). The van der Waals surface area contributed by atoms with Crippen LogP contribution in [0.1, 0.15) is 28.7 Å². The topological polar surface area (TPSA) is 73.6 Å². The van der Waals surface area contributed by atoms with Gasteiger partial charge in [-0.2, -0.15) is 0 Å². The summed E-state index contributed by atoms with van der Waals surface area (Å²) in [6.45, 7) is 5.98. The number of para-hydroxylation sites is 2.